The summed E-state index contributed by atoms with van der Waals surface area (Å²) in [5, 5.41) is 2.57. The number of hydrogen-bond acceptors (Lipinski definition) is 1. The average molecular weight is 589 g/mol. The van der Waals surface area contributed by atoms with E-state index in [0.29, 0.717) is 0 Å². The number of aromatic nitrogens is 2. The van der Waals surface area contributed by atoms with Gasteiger partial charge >= 0.3 is 0 Å². The highest BCUT2D eigenvalue weighted by molar-refractivity contribution is 6.18. The van der Waals surface area contributed by atoms with E-state index in [2.05, 4.69) is 170 Å². The molecule has 0 radical (unpaired) electrons. The van der Waals surface area contributed by atoms with E-state index in [9.17, 15) is 0 Å². The van der Waals surface area contributed by atoms with Gasteiger partial charge in [-0.15, -0.1) is 0 Å². The first-order valence-electron chi connectivity index (χ1n) is 16.0. The van der Waals surface area contributed by atoms with Crippen molar-refractivity contribution in [1.82, 2.24) is 9.55 Å². The van der Waals surface area contributed by atoms with Gasteiger partial charge in [0.1, 0.15) is 0 Å². The van der Waals surface area contributed by atoms with Crippen molar-refractivity contribution >= 4 is 21.8 Å². The van der Waals surface area contributed by atoms with Crippen LogP contribution in [0.2, 0.25) is 0 Å². The fourth-order valence-electron chi connectivity index (χ4n) is 7.77. The van der Waals surface area contributed by atoms with Gasteiger partial charge in [0.15, 0.2) is 0 Å². The number of fused-ring (bicyclic) bond motifs is 7. The SMILES string of the molecule is CC1(C)c2ccccc2-c2ccc3c(c21)c1cccc(-c2ncc(-c4ccccc4)cc2-c2ccccc2)c1n3-c1ccccc1. The molecule has 0 spiro atoms. The van der Waals surface area contributed by atoms with Crippen LogP contribution in [0.3, 0.4) is 0 Å². The summed E-state index contributed by atoms with van der Waals surface area (Å²) in [6.45, 7) is 4.76. The lowest BCUT2D eigenvalue weighted by molar-refractivity contribution is 0.666. The molecule has 0 N–H and O–H groups in total. The molecule has 0 saturated heterocycles. The number of nitrogens with zero attached hydrogens (tertiary/aromatic N) is 2. The van der Waals surface area contributed by atoms with Gasteiger partial charge in [-0.25, -0.2) is 0 Å². The fraction of sp³-hybridized carbons (Fsp3) is 0.0682. The smallest absolute Gasteiger partial charge is 0.0802 e. The van der Waals surface area contributed by atoms with Crippen LogP contribution in [0, 0.1) is 0 Å². The summed E-state index contributed by atoms with van der Waals surface area (Å²) in [5.41, 5.74) is 15.5. The molecule has 2 aromatic heterocycles. The first-order valence-corrected chi connectivity index (χ1v) is 16.0. The lowest BCUT2D eigenvalue weighted by Gasteiger charge is -2.22. The zero-order valence-corrected chi connectivity index (χ0v) is 25.9. The molecule has 46 heavy (non-hydrogen) atoms. The summed E-state index contributed by atoms with van der Waals surface area (Å²) in [6.07, 6.45) is 2.03. The normalized spacial score (nSPS) is 13.2. The van der Waals surface area contributed by atoms with Gasteiger partial charge in [0, 0.05) is 44.8 Å². The van der Waals surface area contributed by atoms with Crippen molar-refractivity contribution in [3.8, 4) is 50.3 Å². The third kappa shape index (κ3) is 3.87. The number of rotatable bonds is 4. The van der Waals surface area contributed by atoms with Crippen molar-refractivity contribution in [1.29, 1.82) is 0 Å². The van der Waals surface area contributed by atoms with Crippen LogP contribution in [-0.2, 0) is 5.41 Å². The molecule has 6 aromatic carbocycles. The standard InChI is InChI=1S/C44H32N2/c1-44(2)38-24-13-12-21-33(38)34-25-26-39-40(41(34)44)35-22-14-23-36(43(35)46(39)32-19-10-5-11-20-32)42-37(30-17-8-4-9-18-30)27-31(28-45-42)29-15-6-3-7-16-29/h3-28H,1-2H3. The zero-order valence-electron chi connectivity index (χ0n) is 25.9. The second kappa shape index (κ2) is 10.2. The van der Waals surface area contributed by atoms with Crippen molar-refractivity contribution in [2.24, 2.45) is 0 Å². The van der Waals surface area contributed by atoms with Crippen molar-refractivity contribution in [3.05, 3.63) is 169 Å². The Labute approximate surface area is 269 Å². The number of benzene rings is 6. The van der Waals surface area contributed by atoms with Crippen molar-refractivity contribution in [2.45, 2.75) is 19.3 Å². The van der Waals surface area contributed by atoms with E-state index in [1.165, 1.54) is 44.1 Å². The van der Waals surface area contributed by atoms with E-state index >= 15 is 0 Å². The lowest BCUT2D eigenvalue weighted by Crippen LogP contribution is -2.15. The quantitative estimate of drug-likeness (QED) is 0.200. The Bertz CT molecular complexity index is 2420. The third-order valence-corrected chi connectivity index (χ3v) is 9.82. The average Bonchev–Trinajstić information content (AvgIpc) is 3.58. The maximum absolute atomic E-state index is 5.28. The molecule has 0 atom stereocenters. The van der Waals surface area contributed by atoms with Crippen molar-refractivity contribution in [3.63, 3.8) is 0 Å². The first kappa shape index (κ1) is 26.7. The summed E-state index contributed by atoms with van der Waals surface area (Å²) in [7, 11) is 0. The molecular formula is C44H32N2. The molecule has 1 aliphatic carbocycles. The van der Waals surface area contributed by atoms with E-state index in [0.717, 1.165) is 39.2 Å². The van der Waals surface area contributed by atoms with Crippen LogP contribution in [0.5, 0.6) is 0 Å². The summed E-state index contributed by atoms with van der Waals surface area (Å²) in [5.74, 6) is 0. The lowest BCUT2D eigenvalue weighted by atomic mass is 9.80. The molecule has 2 heteroatoms. The number of para-hydroxylation sites is 2. The molecule has 8 aromatic rings. The molecule has 0 bridgehead atoms. The van der Waals surface area contributed by atoms with E-state index in [-0.39, 0.29) is 5.41 Å². The van der Waals surface area contributed by atoms with E-state index in [4.69, 9.17) is 4.98 Å². The Kier molecular flexibility index (Phi) is 5.88. The van der Waals surface area contributed by atoms with Crippen molar-refractivity contribution < 1.29 is 0 Å². The van der Waals surface area contributed by atoms with Gasteiger partial charge in [-0.2, -0.15) is 0 Å². The molecule has 2 nitrogen and oxygen atoms in total. The molecule has 0 unspecified atom stereocenters. The van der Waals surface area contributed by atoms with Crippen LogP contribution < -0.4 is 0 Å². The second-order valence-electron chi connectivity index (χ2n) is 12.8. The second-order valence-corrected chi connectivity index (χ2v) is 12.8. The van der Waals surface area contributed by atoms with E-state index in [1.54, 1.807) is 0 Å². The molecule has 0 aliphatic heterocycles. The highest BCUT2D eigenvalue weighted by Gasteiger charge is 2.38. The minimum Gasteiger partial charge on any atom is -0.309 e. The van der Waals surface area contributed by atoms with Gasteiger partial charge in [0.25, 0.3) is 0 Å². The Hall–Kier alpha value is -5.73. The summed E-state index contributed by atoms with van der Waals surface area (Å²) in [6, 6.07) is 54.6. The molecule has 0 amide bonds. The minimum atomic E-state index is -0.137. The third-order valence-electron chi connectivity index (χ3n) is 9.82. The number of hydrogen-bond donors (Lipinski definition) is 0. The molecule has 9 rings (SSSR count). The van der Waals surface area contributed by atoms with Gasteiger partial charge in [-0.1, -0.05) is 141 Å². The maximum atomic E-state index is 5.28. The largest absolute Gasteiger partial charge is 0.309 e. The molecule has 2 heterocycles. The maximum Gasteiger partial charge on any atom is 0.0802 e. The molecule has 0 fully saturated rings. The van der Waals surface area contributed by atoms with Crippen LogP contribution in [0.1, 0.15) is 25.0 Å². The van der Waals surface area contributed by atoms with Gasteiger partial charge < -0.3 is 4.57 Å². The van der Waals surface area contributed by atoms with Crippen LogP contribution >= 0.6 is 0 Å². The van der Waals surface area contributed by atoms with Gasteiger partial charge in [-0.3, -0.25) is 4.98 Å². The summed E-state index contributed by atoms with van der Waals surface area (Å²) in [4.78, 5) is 5.28. The van der Waals surface area contributed by atoms with E-state index in [1.807, 2.05) is 6.20 Å². The summed E-state index contributed by atoms with van der Waals surface area (Å²) >= 11 is 0. The van der Waals surface area contributed by atoms with Crippen LogP contribution in [0.4, 0.5) is 0 Å². The molecule has 1 aliphatic rings. The van der Waals surface area contributed by atoms with Crippen LogP contribution in [-0.4, -0.2) is 9.55 Å². The monoisotopic (exact) mass is 588 g/mol. The first-order chi connectivity index (χ1) is 22.6. The minimum absolute atomic E-state index is 0.137. The highest BCUT2D eigenvalue weighted by atomic mass is 15.0. The molecule has 218 valence electrons. The predicted molar refractivity (Wildman–Crippen MR) is 192 cm³/mol. The van der Waals surface area contributed by atoms with Gasteiger partial charge in [0.2, 0.25) is 0 Å². The summed E-state index contributed by atoms with van der Waals surface area (Å²) < 4.78 is 2.46. The highest BCUT2D eigenvalue weighted by Crippen LogP contribution is 2.54. The Morgan fingerprint density at radius 2 is 1.17 bits per heavy atom. The molecular weight excluding hydrogens is 556 g/mol. The topological polar surface area (TPSA) is 17.8 Å². The van der Waals surface area contributed by atoms with Gasteiger partial charge in [-0.05, 0) is 57.6 Å². The zero-order chi connectivity index (χ0) is 30.8. The Morgan fingerprint density at radius 3 is 1.93 bits per heavy atom. The van der Waals surface area contributed by atoms with Crippen LogP contribution in [0.15, 0.2) is 158 Å². The molecule has 0 saturated carbocycles. The van der Waals surface area contributed by atoms with E-state index < -0.39 is 0 Å². The van der Waals surface area contributed by atoms with Crippen LogP contribution in [0.25, 0.3) is 72.1 Å². The van der Waals surface area contributed by atoms with Crippen molar-refractivity contribution in [2.75, 3.05) is 0 Å². The van der Waals surface area contributed by atoms with Gasteiger partial charge in [0.05, 0.1) is 16.7 Å². The fourth-order valence-corrected chi connectivity index (χ4v) is 7.77. The predicted octanol–water partition coefficient (Wildman–Crippen LogP) is 11.5. The Balaban J connectivity index is 1.41. The Morgan fingerprint density at radius 1 is 0.522 bits per heavy atom. The number of pyridine rings is 1.